The Morgan fingerprint density at radius 2 is 2.17 bits per heavy atom. The van der Waals surface area contributed by atoms with Crippen molar-refractivity contribution in [2.75, 3.05) is 5.32 Å². The summed E-state index contributed by atoms with van der Waals surface area (Å²) in [5.41, 5.74) is 2.19. The van der Waals surface area contributed by atoms with Gasteiger partial charge in [0.2, 0.25) is 5.91 Å². The summed E-state index contributed by atoms with van der Waals surface area (Å²) in [5, 5.41) is 23.0. The van der Waals surface area contributed by atoms with Gasteiger partial charge in [0.05, 0.1) is 6.07 Å². The van der Waals surface area contributed by atoms with Crippen LogP contribution in [0.1, 0.15) is 5.56 Å². The average Bonchev–Trinajstić information content (AvgIpc) is 2.94. The van der Waals surface area contributed by atoms with E-state index in [4.69, 9.17) is 11.6 Å². The van der Waals surface area contributed by atoms with E-state index in [9.17, 15) is 15.2 Å². The van der Waals surface area contributed by atoms with Crippen molar-refractivity contribution >= 4 is 34.1 Å². The van der Waals surface area contributed by atoms with Crippen molar-refractivity contribution < 1.29 is 9.90 Å². The molecular formula is C18H14ClN3O2. The first-order valence-corrected chi connectivity index (χ1v) is 7.69. The molecule has 0 aliphatic carbocycles. The number of phenolic OH excluding ortho intramolecular Hbond substituents is 1. The maximum atomic E-state index is 12.3. The van der Waals surface area contributed by atoms with Crippen LogP contribution in [-0.4, -0.2) is 16.0 Å². The second kappa shape index (κ2) is 6.65. The Morgan fingerprint density at radius 3 is 2.92 bits per heavy atom. The number of aromatic amines is 1. The molecule has 0 aliphatic rings. The molecule has 3 aromatic rings. The summed E-state index contributed by atoms with van der Waals surface area (Å²) >= 11 is 5.96. The first kappa shape index (κ1) is 15.9. The molecule has 120 valence electrons. The number of amides is 1. The highest BCUT2D eigenvalue weighted by atomic mass is 35.5. The molecule has 0 saturated heterocycles. The van der Waals surface area contributed by atoms with Crippen molar-refractivity contribution in [3.05, 3.63) is 59.2 Å². The molecule has 0 saturated carbocycles. The number of nitrogens with zero attached hydrogens (tertiary/aromatic N) is 1. The number of hydrogen-bond donors (Lipinski definition) is 3. The first-order valence-electron chi connectivity index (χ1n) is 7.32. The molecule has 0 unspecified atom stereocenters. The van der Waals surface area contributed by atoms with E-state index in [0.29, 0.717) is 10.7 Å². The largest absolute Gasteiger partial charge is 0.508 e. The normalized spacial score (nSPS) is 11.8. The van der Waals surface area contributed by atoms with Gasteiger partial charge in [0.15, 0.2) is 0 Å². The number of nitrogens with one attached hydrogen (secondary N) is 2. The second-order valence-electron chi connectivity index (χ2n) is 5.43. The second-order valence-corrected chi connectivity index (χ2v) is 5.87. The van der Waals surface area contributed by atoms with E-state index in [-0.39, 0.29) is 12.2 Å². The lowest BCUT2D eigenvalue weighted by molar-refractivity contribution is -0.118. The van der Waals surface area contributed by atoms with Gasteiger partial charge in [-0.1, -0.05) is 23.7 Å². The van der Waals surface area contributed by atoms with Crippen LogP contribution < -0.4 is 5.32 Å². The van der Waals surface area contributed by atoms with Gasteiger partial charge in [-0.25, -0.2) is 0 Å². The zero-order valence-electron chi connectivity index (χ0n) is 12.6. The Morgan fingerprint density at radius 1 is 1.33 bits per heavy atom. The Labute approximate surface area is 143 Å². The van der Waals surface area contributed by atoms with Crippen LogP contribution in [0.25, 0.3) is 10.9 Å². The van der Waals surface area contributed by atoms with Gasteiger partial charge in [0.1, 0.15) is 11.7 Å². The van der Waals surface area contributed by atoms with Gasteiger partial charge in [0.25, 0.3) is 0 Å². The van der Waals surface area contributed by atoms with E-state index in [2.05, 4.69) is 10.3 Å². The molecule has 0 radical (unpaired) electrons. The van der Waals surface area contributed by atoms with Crippen LogP contribution >= 0.6 is 11.6 Å². The van der Waals surface area contributed by atoms with Crippen LogP contribution in [0.3, 0.4) is 0 Å². The molecule has 24 heavy (non-hydrogen) atoms. The standard InChI is InChI=1S/C18H14ClN3O2/c19-13-4-5-16-12(10-21-17(16)7-13)6-11(9-20)18(24)22-14-2-1-3-15(23)8-14/h1-5,7-8,10-11,21,23H,6H2,(H,22,24)/t11-/m0/s1. The van der Waals surface area contributed by atoms with E-state index in [0.717, 1.165) is 16.5 Å². The third kappa shape index (κ3) is 3.34. The summed E-state index contributed by atoms with van der Waals surface area (Å²) in [5.74, 6) is -1.21. The van der Waals surface area contributed by atoms with E-state index in [1.54, 1.807) is 30.5 Å². The number of fused-ring (bicyclic) bond motifs is 1. The fraction of sp³-hybridized carbons (Fsp3) is 0.111. The predicted molar refractivity (Wildman–Crippen MR) is 92.9 cm³/mol. The summed E-state index contributed by atoms with van der Waals surface area (Å²) in [6.45, 7) is 0. The number of nitriles is 1. The Hall–Kier alpha value is -2.97. The summed E-state index contributed by atoms with van der Waals surface area (Å²) < 4.78 is 0. The highest BCUT2D eigenvalue weighted by molar-refractivity contribution is 6.31. The number of phenols is 1. The minimum atomic E-state index is -0.845. The van der Waals surface area contributed by atoms with Gasteiger partial charge in [-0.3, -0.25) is 4.79 Å². The van der Waals surface area contributed by atoms with E-state index in [1.807, 2.05) is 12.1 Å². The summed E-state index contributed by atoms with van der Waals surface area (Å²) in [7, 11) is 0. The molecule has 1 amide bonds. The van der Waals surface area contributed by atoms with Crippen molar-refractivity contribution in [1.29, 1.82) is 5.26 Å². The van der Waals surface area contributed by atoms with Crippen molar-refractivity contribution in [2.24, 2.45) is 5.92 Å². The van der Waals surface area contributed by atoms with Crippen LogP contribution in [-0.2, 0) is 11.2 Å². The van der Waals surface area contributed by atoms with E-state index >= 15 is 0 Å². The minimum absolute atomic E-state index is 0.0508. The number of H-pyrrole nitrogens is 1. The molecule has 3 N–H and O–H groups in total. The van der Waals surface area contributed by atoms with E-state index in [1.165, 1.54) is 12.1 Å². The number of halogens is 1. The lowest BCUT2D eigenvalue weighted by atomic mass is 9.99. The predicted octanol–water partition coefficient (Wildman–Crippen LogP) is 3.85. The monoisotopic (exact) mass is 339 g/mol. The summed E-state index contributed by atoms with van der Waals surface area (Å²) in [6.07, 6.45) is 2.07. The lowest BCUT2D eigenvalue weighted by Gasteiger charge is -2.10. The number of hydrogen-bond acceptors (Lipinski definition) is 3. The molecule has 5 nitrogen and oxygen atoms in total. The maximum absolute atomic E-state index is 12.3. The molecule has 0 aliphatic heterocycles. The quantitative estimate of drug-likeness (QED) is 0.674. The van der Waals surface area contributed by atoms with Gasteiger partial charge in [-0.2, -0.15) is 5.26 Å². The minimum Gasteiger partial charge on any atom is -0.508 e. The zero-order chi connectivity index (χ0) is 17.1. The molecular weight excluding hydrogens is 326 g/mol. The molecule has 0 bridgehead atoms. The first-order chi connectivity index (χ1) is 11.6. The topological polar surface area (TPSA) is 88.9 Å². The Balaban J connectivity index is 1.78. The third-order valence-corrected chi connectivity index (χ3v) is 3.97. The summed E-state index contributed by atoms with van der Waals surface area (Å²) in [6, 6.07) is 13.7. The molecule has 1 aromatic heterocycles. The van der Waals surface area contributed by atoms with Crippen molar-refractivity contribution in [1.82, 2.24) is 4.98 Å². The molecule has 3 rings (SSSR count). The van der Waals surface area contributed by atoms with Crippen LogP contribution in [0.4, 0.5) is 5.69 Å². The average molecular weight is 340 g/mol. The number of aromatic hydroxyl groups is 1. The van der Waals surface area contributed by atoms with Crippen molar-refractivity contribution in [3.8, 4) is 11.8 Å². The van der Waals surface area contributed by atoms with Gasteiger partial charge >= 0.3 is 0 Å². The number of aromatic nitrogens is 1. The number of carbonyl (C=O) groups excluding carboxylic acids is 1. The lowest BCUT2D eigenvalue weighted by Crippen LogP contribution is -2.23. The van der Waals surface area contributed by atoms with Gasteiger partial charge in [0, 0.05) is 33.9 Å². The van der Waals surface area contributed by atoms with Crippen molar-refractivity contribution in [2.45, 2.75) is 6.42 Å². The maximum Gasteiger partial charge on any atom is 0.242 e. The van der Waals surface area contributed by atoms with Gasteiger partial charge in [-0.15, -0.1) is 0 Å². The molecule has 0 spiro atoms. The number of carbonyl (C=O) groups is 1. The SMILES string of the molecule is N#C[C@H](Cc1c[nH]c2cc(Cl)ccc12)C(=O)Nc1cccc(O)c1. The zero-order valence-corrected chi connectivity index (χ0v) is 13.3. The Kier molecular flexibility index (Phi) is 4.41. The Bertz CT molecular complexity index is 943. The molecule has 6 heteroatoms. The third-order valence-electron chi connectivity index (χ3n) is 3.74. The van der Waals surface area contributed by atoms with Crippen LogP contribution in [0, 0.1) is 17.2 Å². The number of rotatable bonds is 4. The van der Waals surface area contributed by atoms with E-state index < -0.39 is 11.8 Å². The van der Waals surface area contributed by atoms with Gasteiger partial charge in [-0.05, 0) is 36.2 Å². The van der Waals surface area contributed by atoms with Gasteiger partial charge < -0.3 is 15.4 Å². The molecule has 1 heterocycles. The number of benzene rings is 2. The summed E-state index contributed by atoms with van der Waals surface area (Å²) in [4.78, 5) is 15.4. The molecule has 0 fully saturated rings. The molecule has 1 atom stereocenters. The highest BCUT2D eigenvalue weighted by Crippen LogP contribution is 2.24. The van der Waals surface area contributed by atoms with Crippen LogP contribution in [0.5, 0.6) is 5.75 Å². The smallest absolute Gasteiger partial charge is 0.242 e. The molecule has 2 aromatic carbocycles. The highest BCUT2D eigenvalue weighted by Gasteiger charge is 2.20. The van der Waals surface area contributed by atoms with Crippen molar-refractivity contribution in [3.63, 3.8) is 0 Å². The fourth-order valence-corrected chi connectivity index (χ4v) is 2.73. The fourth-order valence-electron chi connectivity index (χ4n) is 2.56. The number of anilines is 1. The van der Waals surface area contributed by atoms with Crippen LogP contribution in [0.2, 0.25) is 5.02 Å². The van der Waals surface area contributed by atoms with Crippen LogP contribution in [0.15, 0.2) is 48.7 Å².